The molecule has 0 aromatic heterocycles. The Morgan fingerprint density at radius 3 is 2.80 bits per heavy atom. The number of cyclic esters (lactones) is 2. The Kier molecular flexibility index (Phi) is 2.72. The van der Waals surface area contributed by atoms with Crippen LogP contribution in [0, 0.1) is 0 Å². The zero-order valence-electron chi connectivity index (χ0n) is 5.83. The van der Waals surface area contributed by atoms with Gasteiger partial charge in [-0.15, -0.1) is 0 Å². The van der Waals surface area contributed by atoms with Gasteiger partial charge in [-0.2, -0.15) is 0 Å². The van der Waals surface area contributed by atoms with Crippen molar-refractivity contribution in [2.24, 2.45) is 0 Å². The summed E-state index contributed by atoms with van der Waals surface area (Å²) in [5.74, 6) is 0. The molecule has 0 aliphatic carbocycles. The van der Waals surface area contributed by atoms with Crippen LogP contribution in [0.4, 0.5) is 4.79 Å². The molecule has 1 unspecified atom stereocenters. The molecule has 0 aromatic rings. The van der Waals surface area contributed by atoms with Crippen LogP contribution in [0.2, 0.25) is 0 Å². The van der Waals surface area contributed by atoms with Crippen molar-refractivity contribution in [3.05, 3.63) is 0 Å². The Morgan fingerprint density at radius 2 is 2.40 bits per heavy atom. The maximum atomic E-state index is 10.4. The first-order valence-electron chi connectivity index (χ1n) is 2.83. The SMILES string of the molecule is CN(C)[I-]C1COC(=O)O1. The van der Waals surface area contributed by atoms with E-state index in [4.69, 9.17) is 4.74 Å². The van der Waals surface area contributed by atoms with Gasteiger partial charge >= 0.3 is 69.8 Å². The van der Waals surface area contributed by atoms with Crippen LogP contribution in [0.3, 0.4) is 0 Å². The van der Waals surface area contributed by atoms with E-state index in [-0.39, 0.29) is 25.6 Å². The molecule has 1 atom stereocenters. The zero-order valence-corrected chi connectivity index (χ0v) is 7.99. The van der Waals surface area contributed by atoms with Gasteiger partial charge < -0.3 is 0 Å². The van der Waals surface area contributed by atoms with Crippen molar-refractivity contribution >= 4 is 6.16 Å². The van der Waals surface area contributed by atoms with Crippen molar-refractivity contribution in [2.45, 2.75) is 4.11 Å². The Hall–Kier alpha value is -0.0400. The summed E-state index contributed by atoms with van der Waals surface area (Å²) in [6.07, 6.45) is -0.522. The molecule has 1 saturated heterocycles. The predicted octanol–water partition coefficient (Wildman–Crippen LogP) is -2.96. The number of carbonyl (C=O) groups excluding carboxylic acids is 1. The summed E-state index contributed by atoms with van der Waals surface area (Å²) in [6.45, 7) is 0.435. The Balaban J connectivity index is 2.24. The molecule has 5 heteroatoms. The van der Waals surface area contributed by atoms with Gasteiger partial charge in [0, 0.05) is 0 Å². The number of ether oxygens (including phenoxy) is 2. The number of halogens is 1. The molecule has 1 heterocycles. The van der Waals surface area contributed by atoms with Crippen LogP contribution >= 0.6 is 0 Å². The summed E-state index contributed by atoms with van der Waals surface area (Å²) in [6, 6.07) is 0. The molecular weight excluding hydrogens is 249 g/mol. The van der Waals surface area contributed by atoms with Crippen LogP contribution in [0.25, 0.3) is 0 Å². The van der Waals surface area contributed by atoms with E-state index >= 15 is 0 Å². The predicted molar refractivity (Wildman–Crippen MR) is 29.9 cm³/mol. The van der Waals surface area contributed by atoms with Gasteiger partial charge in [-0.25, -0.2) is 0 Å². The van der Waals surface area contributed by atoms with E-state index in [2.05, 4.69) is 7.85 Å². The molecule has 1 aliphatic heterocycles. The Bertz CT molecular complexity index is 139. The van der Waals surface area contributed by atoms with Crippen LogP contribution in [0.1, 0.15) is 0 Å². The van der Waals surface area contributed by atoms with Gasteiger partial charge in [0.25, 0.3) is 0 Å². The molecule has 1 rings (SSSR count). The van der Waals surface area contributed by atoms with Crippen molar-refractivity contribution in [3.8, 4) is 0 Å². The van der Waals surface area contributed by atoms with Crippen molar-refractivity contribution in [1.82, 2.24) is 3.11 Å². The van der Waals surface area contributed by atoms with Crippen LogP contribution < -0.4 is 21.5 Å². The van der Waals surface area contributed by atoms with E-state index in [1.165, 1.54) is 0 Å². The number of alkyl halides is 1. The molecule has 0 aromatic carbocycles. The van der Waals surface area contributed by atoms with E-state index < -0.39 is 6.16 Å². The first-order chi connectivity index (χ1) is 4.68. The molecule has 1 aliphatic rings. The second-order valence-corrected chi connectivity index (χ2v) is 5.85. The van der Waals surface area contributed by atoms with E-state index in [0.29, 0.717) is 6.61 Å². The number of hydrogen-bond donors (Lipinski definition) is 0. The fraction of sp³-hybridized carbons (Fsp3) is 0.800. The summed E-state index contributed by atoms with van der Waals surface area (Å²) in [4.78, 5) is 10.4. The molecular formula is C5H9INO3-. The van der Waals surface area contributed by atoms with Gasteiger partial charge in [-0.05, 0) is 0 Å². The van der Waals surface area contributed by atoms with E-state index in [0.717, 1.165) is 0 Å². The minimum atomic E-state index is -0.522. The van der Waals surface area contributed by atoms with Gasteiger partial charge in [0.1, 0.15) is 0 Å². The molecule has 0 bridgehead atoms. The van der Waals surface area contributed by atoms with Crippen molar-refractivity contribution in [3.63, 3.8) is 0 Å². The van der Waals surface area contributed by atoms with Crippen LogP contribution in [-0.2, 0) is 9.47 Å². The topological polar surface area (TPSA) is 38.8 Å². The number of carbonyl (C=O) groups is 1. The first-order valence-corrected chi connectivity index (χ1v) is 5.04. The molecule has 0 N–H and O–H groups in total. The van der Waals surface area contributed by atoms with E-state index in [9.17, 15) is 4.79 Å². The fourth-order valence-electron chi connectivity index (χ4n) is 0.572. The molecule has 1 fully saturated rings. The molecule has 0 saturated carbocycles. The third-order valence-electron chi connectivity index (χ3n) is 0.860. The van der Waals surface area contributed by atoms with Crippen molar-refractivity contribution < 1.29 is 35.7 Å². The van der Waals surface area contributed by atoms with Gasteiger partial charge in [0.05, 0.1) is 0 Å². The molecule has 60 valence electrons. The summed E-state index contributed by atoms with van der Waals surface area (Å²) in [5, 5.41) is 0. The average molecular weight is 258 g/mol. The monoisotopic (exact) mass is 258 g/mol. The van der Waals surface area contributed by atoms with Gasteiger partial charge in [-0.3, -0.25) is 0 Å². The molecule has 0 spiro atoms. The van der Waals surface area contributed by atoms with Crippen molar-refractivity contribution in [1.29, 1.82) is 0 Å². The fourth-order valence-corrected chi connectivity index (χ4v) is 2.48. The Labute approximate surface area is 70.1 Å². The summed E-state index contributed by atoms with van der Waals surface area (Å²) < 4.78 is 11.5. The maximum absolute atomic E-state index is 10.4. The third kappa shape index (κ3) is 2.30. The van der Waals surface area contributed by atoms with Crippen LogP contribution in [0.15, 0.2) is 0 Å². The van der Waals surface area contributed by atoms with Gasteiger partial charge in [0.2, 0.25) is 0 Å². The molecule has 4 nitrogen and oxygen atoms in total. The first kappa shape index (κ1) is 8.06. The third-order valence-corrected chi connectivity index (χ3v) is 3.21. The summed E-state index contributed by atoms with van der Waals surface area (Å²) in [7, 11) is 3.94. The average Bonchev–Trinajstić information content (AvgIpc) is 2.13. The van der Waals surface area contributed by atoms with E-state index in [1.807, 2.05) is 14.1 Å². The standard InChI is InChI=1S/C5H9INO3/c1-7(2)6-4-3-9-5(8)10-4/h4H,3H2,1-2H3/q-1. The van der Waals surface area contributed by atoms with Crippen molar-refractivity contribution in [2.75, 3.05) is 20.7 Å². The van der Waals surface area contributed by atoms with Gasteiger partial charge in [-0.1, -0.05) is 0 Å². The second-order valence-electron chi connectivity index (χ2n) is 1.97. The molecule has 0 radical (unpaired) electrons. The van der Waals surface area contributed by atoms with Crippen LogP contribution in [-0.4, -0.2) is 34.1 Å². The number of rotatable bonds is 2. The quantitative estimate of drug-likeness (QED) is 0.230. The molecule has 10 heavy (non-hydrogen) atoms. The normalized spacial score (nSPS) is 25.1. The minimum absolute atomic E-state index is 0.0290. The zero-order chi connectivity index (χ0) is 7.56. The van der Waals surface area contributed by atoms with Crippen LogP contribution in [0.5, 0.6) is 0 Å². The number of hydrogen-bond acceptors (Lipinski definition) is 4. The summed E-state index contributed by atoms with van der Waals surface area (Å²) >= 11 is -0.200. The summed E-state index contributed by atoms with van der Waals surface area (Å²) in [5.41, 5.74) is 0. The van der Waals surface area contributed by atoms with Gasteiger partial charge in [0.15, 0.2) is 0 Å². The molecule has 0 amide bonds. The Morgan fingerprint density at radius 1 is 1.70 bits per heavy atom. The number of nitrogens with zero attached hydrogens (tertiary/aromatic N) is 1. The van der Waals surface area contributed by atoms with E-state index in [1.54, 1.807) is 0 Å². The second kappa shape index (κ2) is 3.38.